The fourth-order valence-corrected chi connectivity index (χ4v) is 5.77. The van der Waals surface area contributed by atoms with Gasteiger partial charge in [0.1, 0.15) is 0 Å². The molecule has 0 radical (unpaired) electrons. The van der Waals surface area contributed by atoms with Crippen LogP contribution in [0.3, 0.4) is 0 Å². The average Bonchev–Trinajstić information content (AvgIpc) is 2.94. The molecule has 0 N–H and O–H groups in total. The Morgan fingerprint density at radius 2 is 1.77 bits per heavy atom. The van der Waals surface area contributed by atoms with E-state index in [1.54, 1.807) is 0 Å². The van der Waals surface area contributed by atoms with Gasteiger partial charge in [-0.3, -0.25) is 0 Å². The summed E-state index contributed by atoms with van der Waals surface area (Å²) in [5.41, 5.74) is 2.99. The summed E-state index contributed by atoms with van der Waals surface area (Å²) in [5.74, 6) is 0.644. The second-order valence-electron chi connectivity index (χ2n) is 7.64. The molecule has 0 aliphatic carbocycles. The van der Waals surface area contributed by atoms with E-state index in [9.17, 15) is 0 Å². The zero-order chi connectivity index (χ0) is 17.7. The summed E-state index contributed by atoms with van der Waals surface area (Å²) in [7, 11) is 4.54. The highest BCUT2D eigenvalue weighted by molar-refractivity contribution is 7.99. The number of nitrogens with zero attached hydrogens (tertiary/aromatic N) is 2. The van der Waals surface area contributed by atoms with Crippen LogP contribution < -0.4 is 4.90 Å². The molecular weight excluding hydrogens is 336 g/mol. The molecule has 132 valence electrons. The number of para-hydroxylation sites is 1. The fraction of sp³-hybridized carbons (Fsp3) is 0.304. The molecule has 0 bridgehead atoms. The number of piperidine rings is 1. The Kier molecular flexibility index (Phi) is 3.95. The molecule has 0 amide bonds. The molecule has 2 heterocycles. The molecule has 1 unspecified atom stereocenters. The molecule has 0 spiro atoms. The number of likely N-dealkylation sites (tertiary alicyclic amines) is 1. The van der Waals surface area contributed by atoms with E-state index >= 15 is 0 Å². The topological polar surface area (TPSA) is 6.48 Å². The van der Waals surface area contributed by atoms with E-state index in [1.165, 1.54) is 51.3 Å². The van der Waals surface area contributed by atoms with Gasteiger partial charge >= 0.3 is 0 Å². The predicted octanol–water partition coefficient (Wildman–Crippen LogP) is 5.23. The highest BCUT2D eigenvalue weighted by atomic mass is 32.2. The lowest BCUT2D eigenvalue weighted by molar-refractivity contribution is 0.234. The van der Waals surface area contributed by atoms with Gasteiger partial charge in [-0.15, -0.1) is 0 Å². The van der Waals surface area contributed by atoms with E-state index in [1.807, 2.05) is 11.8 Å². The first-order valence-electron chi connectivity index (χ1n) is 9.41. The van der Waals surface area contributed by atoms with Crippen LogP contribution in [0.4, 0.5) is 5.69 Å². The van der Waals surface area contributed by atoms with Crippen molar-refractivity contribution in [3.63, 3.8) is 0 Å². The normalized spacial score (nSPS) is 22.5. The van der Waals surface area contributed by atoms with Gasteiger partial charge in [-0.1, -0.05) is 54.2 Å². The smallest absolute Gasteiger partial charge is 0.0544 e. The Bertz CT molecular complexity index is 967. The third-order valence-corrected chi connectivity index (χ3v) is 7.05. The van der Waals surface area contributed by atoms with Crippen LogP contribution in [0.2, 0.25) is 0 Å². The van der Waals surface area contributed by atoms with Crippen LogP contribution in [0.15, 0.2) is 70.5 Å². The average molecular weight is 361 g/mol. The summed E-state index contributed by atoms with van der Waals surface area (Å²) < 4.78 is 0. The summed E-state index contributed by atoms with van der Waals surface area (Å²) in [4.78, 5) is 7.73. The van der Waals surface area contributed by atoms with Gasteiger partial charge < -0.3 is 9.80 Å². The lowest BCUT2D eigenvalue weighted by Crippen LogP contribution is -2.43. The Labute approximate surface area is 159 Å². The molecule has 0 saturated carbocycles. The van der Waals surface area contributed by atoms with E-state index in [4.69, 9.17) is 0 Å². The number of fused-ring (bicyclic) bond motifs is 4. The largest absolute Gasteiger partial charge is 0.370 e. The first-order valence-corrected chi connectivity index (χ1v) is 10.2. The second kappa shape index (κ2) is 6.33. The van der Waals surface area contributed by atoms with Crippen LogP contribution >= 0.6 is 11.8 Å². The molecule has 1 fully saturated rings. The molecule has 3 heteroatoms. The predicted molar refractivity (Wildman–Crippen MR) is 112 cm³/mol. The van der Waals surface area contributed by atoms with Crippen LogP contribution in [0, 0.1) is 0 Å². The first-order chi connectivity index (χ1) is 12.7. The Hall–Kier alpha value is -1.97. The molecule has 2 aliphatic heterocycles. The SMILES string of the molecule is CN1CC[C@H]2C(C1)c1cccc(Sc3ccc4ccccc4c3)c1N2C. The van der Waals surface area contributed by atoms with Gasteiger partial charge in [-0.05, 0) is 54.5 Å². The first kappa shape index (κ1) is 16.2. The number of hydrogen-bond acceptors (Lipinski definition) is 3. The molecule has 1 saturated heterocycles. The molecule has 26 heavy (non-hydrogen) atoms. The molecule has 2 aliphatic rings. The van der Waals surface area contributed by atoms with E-state index in [-0.39, 0.29) is 0 Å². The Morgan fingerprint density at radius 3 is 2.65 bits per heavy atom. The summed E-state index contributed by atoms with van der Waals surface area (Å²) in [5, 5.41) is 2.62. The molecule has 3 aromatic carbocycles. The van der Waals surface area contributed by atoms with E-state index < -0.39 is 0 Å². The van der Waals surface area contributed by atoms with E-state index in [0.717, 1.165) is 0 Å². The fourth-order valence-electron chi connectivity index (χ4n) is 4.69. The molecule has 5 rings (SSSR count). The van der Waals surface area contributed by atoms with Gasteiger partial charge in [0, 0.05) is 35.3 Å². The maximum Gasteiger partial charge on any atom is 0.0544 e. The van der Waals surface area contributed by atoms with Crippen molar-refractivity contribution in [1.29, 1.82) is 0 Å². The Balaban J connectivity index is 1.53. The Morgan fingerprint density at radius 1 is 0.923 bits per heavy atom. The maximum absolute atomic E-state index is 2.55. The van der Waals surface area contributed by atoms with Crippen molar-refractivity contribution in [3.8, 4) is 0 Å². The summed E-state index contributed by atoms with van der Waals surface area (Å²) >= 11 is 1.90. The molecule has 2 nitrogen and oxygen atoms in total. The van der Waals surface area contributed by atoms with Crippen LogP contribution in [-0.4, -0.2) is 38.1 Å². The van der Waals surface area contributed by atoms with Crippen LogP contribution in [0.1, 0.15) is 17.9 Å². The van der Waals surface area contributed by atoms with Gasteiger partial charge in [0.05, 0.1) is 5.69 Å². The number of rotatable bonds is 2. The third kappa shape index (κ3) is 2.62. The minimum atomic E-state index is 0.644. The van der Waals surface area contributed by atoms with Gasteiger partial charge in [-0.25, -0.2) is 0 Å². The number of hydrogen-bond donors (Lipinski definition) is 0. The van der Waals surface area contributed by atoms with Crippen molar-refractivity contribution < 1.29 is 0 Å². The number of benzene rings is 3. The van der Waals surface area contributed by atoms with Crippen molar-refractivity contribution >= 4 is 28.2 Å². The second-order valence-corrected chi connectivity index (χ2v) is 8.76. The monoisotopic (exact) mass is 360 g/mol. The third-order valence-electron chi connectivity index (χ3n) is 6.01. The molecule has 3 aromatic rings. The van der Waals surface area contributed by atoms with Gasteiger partial charge in [0.25, 0.3) is 0 Å². The lowest BCUT2D eigenvalue weighted by Gasteiger charge is -2.35. The van der Waals surface area contributed by atoms with Crippen molar-refractivity contribution in [1.82, 2.24) is 4.90 Å². The minimum Gasteiger partial charge on any atom is -0.370 e. The van der Waals surface area contributed by atoms with Gasteiger partial charge in [0.15, 0.2) is 0 Å². The number of anilines is 1. The van der Waals surface area contributed by atoms with Crippen LogP contribution in [-0.2, 0) is 0 Å². The van der Waals surface area contributed by atoms with Gasteiger partial charge in [0.2, 0.25) is 0 Å². The van der Waals surface area contributed by atoms with Crippen molar-refractivity contribution in [2.24, 2.45) is 0 Å². The molecule has 2 atom stereocenters. The van der Waals surface area contributed by atoms with E-state index in [0.29, 0.717) is 12.0 Å². The van der Waals surface area contributed by atoms with Crippen molar-refractivity contribution in [2.75, 3.05) is 32.1 Å². The van der Waals surface area contributed by atoms with Gasteiger partial charge in [-0.2, -0.15) is 0 Å². The zero-order valence-corrected chi connectivity index (χ0v) is 16.2. The molecule has 0 aromatic heterocycles. The lowest BCUT2D eigenvalue weighted by atomic mass is 9.89. The van der Waals surface area contributed by atoms with E-state index in [2.05, 4.69) is 84.6 Å². The highest BCUT2D eigenvalue weighted by Gasteiger charge is 2.40. The molecular formula is C23H24N2S. The quantitative estimate of drug-likeness (QED) is 0.618. The standard InChI is InChI=1S/C23H24N2S/c1-24-13-12-21-20(15-24)19-8-5-9-22(23(19)25(21)2)26-18-11-10-16-6-3-4-7-17(16)14-18/h3-11,14,20-21H,12-13,15H2,1-2H3/t20?,21-/m0/s1. The minimum absolute atomic E-state index is 0.644. The highest BCUT2D eigenvalue weighted by Crippen LogP contribution is 2.49. The summed E-state index contributed by atoms with van der Waals surface area (Å²) in [6, 6.07) is 22.9. The maximum atomic E-state index is 2.55. The van der Waals surface area contributed by atoms with Crippen LogP contribution in [0.25, 0.3) is 10.8 Å². The summed E-state index contributed by atoms with van der Waals surface area (Å²) in [6.07, 6.45) is 1.26. The summed E-state index contributed by atoms with van der Waals surface area (Å²) in [6.45, 7) is 2.37. The van der Waals surface area contributed by atoms with Crippen molar-refractivity contribution in [2.45, 2.75) is 28.2 Å². The van der Waals surface area contributed by atoms with Crippen LogP contribution in [0.5, 0.6) is 0 Å². The zero-order valence-electron chi connectivity index (χ0n) is 15.4. The van der Waals surface area contributed by atoms with Crippen molar-refractivity contribution in [3.05, 3.63) is 66.2 Å². The number of likely N-dealkylation sites (N-methyl/N-ethyl adjacent to an activating group) is 2.